The van der Waals surface area contributed by atoms with Crippen LogP contribution in [0.15, 0.2) is 12.4 Å². The molecule has 4 heteroatoms. The summed E-state index contributed by atoms with van der Waals surface area (Å²) < 4.78 is 10.6. The Morgan fingerprint density at radius 2 is 2.00 bits per heavy atom. The predicted molar refractivity (Wildman–Crippen MR) is 54.2 cm³/mol. The lowest BCUT2D eigenvalue weighted by molar-refractivity contribution is 0.0488. The van der Waals surface area contributed by atoms with Crippen LogP contribution in [0.4, 0.5) is 0 Å². The molecule has 0 fully saturated rings. The van der Waals surface area contributed by atoms with Gasteiger partial charge in [0.2, 0.25) is 0 Å². The van der Waals surface area contributed by atoms with Gasteiger partial charge in [0.05, 0.1) is 19.8 Å². The number of H-pyrrole nitrogens is 1. The summed E-state index contributed by atoms with van der Waals surface area (Å²) in [6.45, 7) is 4.97. The summed E-state index contributed by atoms with van der Waals surface area (Å²) >= 11 is 0. The summed E-state index contributed by atoms with van der Waals surface area (Å²) in [5, 5.41) is 0. The maximum Gasteiger partial charge on any atom is 0.108 e. The minimum absolute atomic E-state index is 0.667. The molecule has 0 radical (unpaired) electrons. The molecule has 0 atom stereocenters. The van der Waals surface area contributed by atoms with E-state index in [1.54, 1.807) is 6.20 Å². The number of aromatic amines is 1. The molecule has 1 N–H and O–H groups in total. The first-order chi connectivity index (χ1) is 6.93. The summed E-state index contributed by atoms with van der Waals surface area (Å²) in [6, 6.07) is 0. The van der Waals surface area contributed by atoms with Gasteiger partial charge in [0, 0.05) is 25.4 Å². The Balaban J connectivity index is 1.85. The topological polar surface area (TPSA) is 47.1 Å². The first kappa shape index (κ1) is 11.2. The van der Waals surface area contributed by atoms with E-state index in [0.29, 0.717) is 19.8 Å². The molecule has 1 heterocycles. The van der Waals surface area contributed by atoms with E-state index in [1.807, 2.05) is 6.20 Å². The van der Waals surface area contributed by atoms with Gasteiger partial charge in [-0.05, 0) is 6.42 Å². The molecule has 1 aromatic rings. The molecule has 0 bridgehead atoms. The van der Waals surface area contributed by atoms with Crippen molar-refractivity contribution in [2.45, 2.75) is 19.8 Å². The molecule has 0 amide bonds. The number of ether oxygens (including phenoxy) is 2. The number of imidazole rings is 1. The first-order valence-corrected chi connectivity index (χ1v) is 5.07. The van der Waals surface area contributed by atoms with Crippen molar-refractivity contribution in [3.8, 4) is 0 Å². The average molecular weight is 198 g/mol. The van der Waals surface area contributed by atoms with Crippen molar-refractivity contribution >= 4 is 0 Å². The molecule has 0 aliphatic heterocycles. The lowest BCUT2D eigenvalue weighted by Gasteiger charge is -2.03. The number of nitrogens with zero attached hydrogens (tertiary/aromatic N) is 1. The monoisotopic (exact) mass is 198 g/mol. The summed E-state index contributed by atoms with van der Waals surface area (Å²) in [7, 11) is 0. The van der Waals surface area contributed by atoms with Crippen molar-refractivity contribution in [1.29, 1.82) is 0 Å². The molecule has 14 heavy (non-hydrogen) atoms. The molecule has 0 saturated carbocycles. The Kier molecular flexibility index (Phi) is 6.02. The van der Waals surface area contributed by atoms with Crippen LogP contribution in [0.5, 0.6) is 0 Å². The number of rotatable bonds is 8. The molecule has 0 unspecified atom stereocenters. The second-order valence-electron chi connectivity index (χ2n) is 3.01. The van der Waals surface area contributed by atoms with Gasteiger partial charge in [-0.25, -0.2) is 4.98 Å². The Bertz CT molecular complexity index is 212. The minimum atomic E-state index is 0.667. The van der Waals surface area contributed by atoms with Crippen molar-refractivity contribution in [3.63, 3.8) is 0 Å². The van der Waals surface area contributed by atoms with Crippen LogP contribution in [0.3, 0.4) is 0 Å². The highest BCUT2D eigenvalue weighted by Gasteiger charge is 1.94. The van der Waals surface area contributed by atoms with Crippen molar-refractivity contribution in [2.24, 2.45) is 0 Å². The van der Waals surface area contributed by atoms with Crippen LogP contribution in [-0.2, 0) is 15.9 Å². The van der Waals surface area contributed by atoms with E-state index in [2.05, 4.69) is 16.9 Å². The van der Waals surface area contributed by atoms with Crippen molar-refractivity contribution in [2.75, 3.05) is 26.4 Å². The summed E-state index contributed by atoms with van der Waals surface area (Å²) in [6.07, 6.45) is 5.46. The Hall–Kier alpha value is -0.870. The van der Waals surface area contributed by atoms with Gasteiger partial charge in [0.1, 0.15) is 5.82 Å². The molecule has 0 aliphatic rings. The quantitative estimate of drug-likeness (QED) is 0.642. The molecule has 0 aliphatic carbocycles. The Morgan fingerprint density at radius 1 is 1.21 bits per heavy atom. The van der Waals surface area contributed by atoms with E-state index in [9.17, 15) is 0 Å². The van der Waals surface area contributed by atoms with E-state index in [0.717, 1.165) is 25.3 Å². The zero-order valence-electron chi connectivity index (χ0n) is 8.66. The summed E-state index contributed by atoms with van der Waals surface area (Å²) in [5.74, 6) is 0.972. The van der Waals surface area contributed by atoms with Crippen LogP contribution < -0.4 is 0 Å². The van der Waals surface area contributed by atoms with E-state index in [1.165, 1.54) is 0 Å². The minimum Gasteiger partial charge on any atom is -0.379 e. The van der Waals surface area contributed by atoms with Crippen LogP contribution in [0.2, 0.25) is 0 Å². The van der Waals surface area contributed by atoms with Gasteiger partial charge >= 0.3 is 0 Å². The zero-order chi connectivity index (χ0) is 10.1. The molecular weight excluding hydrogens is 180 g/mol. The second-order valence-corrected chi connectivity index (χ2v) is 3.01. The maximum atomic E-state index is 5.37. The van der Waals surface area contributed by atoms with Gasteiger partial charge in [-0.15, -0.1) is 0 Å². The average Bonchev–Trinajstić information content (AvgIpc) is 2.69. The summed E-state index contributed by atoms with van der Waals surface area (Å²) in [4.78, 5) is 7.12. The lowest BCUT2D eigenvalue weighted by Crippen LogP contribution is -2.07. The maximum absolute atomic E-state index is 5.37. The fourth-order valence-corrected chi connectivity index (χ4v) is 1.07. The SMILES string of the molecule is CCCOCCOCCc1ncc[nH]1. The smallest absolute Gasteiger partial charge is 0.108 e. The van der Waals surface area contributed by atoms with Gasteiger partial charge in [-0.2, -0.15) is 0 Å². The largest absolute Gasteiger partial charge is 0.379 e. The van der Waals surface area contributed by atoms with E-state index >= 15 is 0 Å². The van der Waals surface area contributed by atoms with Crippen LogP contribution in [0.25, 0.3) is 0 Å². The molecular formula is C10H18N2O2. The number of hydrogen-bond donors (Lipinski definition) is 1. The second kappa shape index (κ2) is 7.53. The van der Waals surface area contributed by atoms with Crippen LogP contribution in [0, 0.1) is 0 Å². The fraction of sp³-hybridized carbons (Fsp3) is 0.700. The van der Waals surface area contributed by atoms with Crippen molar-refractivity contribution < 1.29 is 9.47 Å². The van der Waals surface area contributed by atoms with Gasteiger partial charge in [0.15, 0.2) is 0 Å². The molecule has 0 aromatic carbocycles. The first-order valence-electron chi connectivity index (χ1n) is 5.07. The van der Waals surface area contributed by atoms with Gasteiger partial charge in [-0.1, -0.05) is 6.92 Å². The number of nitrogens with one attached hydrogen (secondary N) is 1. The molecule has 1 rings (SSSR count). The van der Waals surface area contributed by atoms with Crippen molar-refractivity contribution in [3.05, 3.63) is 18.2 Å². The van der Waals surface area contributed by atoms with Crippen LogP contribution >= 0.6 is 0 Å². The number of aromatic nitrogens is 2. The molecule has 4 nitrogen and oxygen atoms in total. The molecule has 0 spiro atoms. The highest BCUT2D eigenvalue weighted by atomic mass is 16.5. The molecule has 0 saturated heterocycles. The zero-order valence-corrected chi connectivity index (χ0v) is 8.66. The lowest BCUT2D eigenvalue weighted by atomic mass is 10.4. The third-order valence-corrected chi connectivity index (χ3v) is 1.76. The van der Waals surface area contributed by atoms with Gasteiger partial charge in [-0.3, -0.25) is 0 Å². The highest BCUT2D eigenvalue weighted by molar-refractivity contribution is 4.86. The van der Waals surface area contributed by atoms with Gasteiger partial charge < -0.3 is 14.5 Å². The van der Waals surface area contributed by atoms with Crippen LogP contribution in [-0.4, -0.2) is 36.4 Å². The van der Waals surface area contributed by atoms with E-state index in [-0.39, 0.29) is 0 Å². The van der Waals surface area contributed by atoms with Crippen molar-refractivity contribution in [1.82, 2.24) is 9.97 Å². The highest BCUT2D eigenvalue weighted by Crippen LogP contribution is 1.90. The summed E-state index contributed by atoms with van der Waals surface area (Å²) in [5.41, 5.74) is 0. The van der Waals surface area contributed by atoms with E-state index in [4.69, 9.17) is 9.47 Å². The number of hydrogen-bond acceptors (Lipinski definition) is 3. The Morgan fingerprint density at radius 3 is 2.64 bits per heavy atom. The molecule has 1 aromatic heterocycles. The standard InChI is InChI=1S/C10H18N2O2/c1-2-6-13-8-9-14-7-3-10-11-4-5-12-10/h4-5H,2-3,6-9H2,1H3,(H,11,12). The third kappa shape index (κ3) is 4.99. The normalized spacial score (nSPS) is 10.6. The van der Waals surface area contributed by atoms with Crippen LogP contribution in [0.1, 0.15) is 19.2 Å². The van der Waals surface area contributed by atoms with Gasteiger partial charge in [0.25, 0.3) is 0 Å². The Labute approximate surface area is 84.6 Å². The predicted octanol–water partition coefficient (Wildman–Crippen LogP) is 1.40. The molecule has 80 valence electrons. The third-order valence-electron chi connectivity index (χ3n) is 1.76. The fourth-order valence-electron chi connectivity index (χ4n) is 1.07. The van der Waals surface area contributed by atoms with E-state index < -0.39 is 0 Å².